The first-order valence-corrected chi connectivity index (χ1v) is 8.55. The van der Waals surface area contributed by atoms with E-state index < -0.39 is 17.6 Å². The van der Waals surface area contributed by atoms with Crippen molar-refractivity contribution in [1.29, 1.82) is 0 Å². The zero-order chi connectivity index (χ0) is 18.8. The van der Waals surface area contributed by atoms with E-state index in [4.69, 9.17) is 12.2 Å². The SMILES string of the molecule is CC(C)c1ccc(/C=C2\C(=O)NC(=S)N(c3ccccc3F)C2=O)cc1. The Morgan fingerprint density at radius 3 is 2.35 bits per heavy atom. The van der Waals surface area contributed by atoms with Crippen LogP contribution in [0.4, 0.5) is 10.1 Å². The third-order valence-electron chi connectivity index (χ3n) is 4.11. The monoisotopic (exact) mass is 368 g/mol. The zero-order valence-corrected chi connectivity index (χ0v) is 15.1. The summed E-state index contributed by atoms with van der Waals surface area (Å²) < 4.78 is 14.1. The molecule has 0 saturated carbocycles. The lowest BCUT2D eigenvalue weighted by Gasteiger charge is -2.29. The Morgan fingerprint density at radius 1 is 1.08 bits per heavy atom. The van der Waals surface area contributed by atoms with Crippen LogP contribution in [0.2, 0.25) is 0 Å². The average Bonchev–Trinajstić information content (AvgIpc) is 2.60. The number of carbonyl (C=O) groups is 2. The van der Waals surface area contributed by atoms with E-state index in [1.807, 2.05) is 24.3 Å². The molecule has 2 aromatic carbocycles. The number of para-hydroxylation sites is 1. The van der Waals surface area contributed by atoms with Gasteiger partial charge in [0, 0.05) is 0 Å². The Balaban J connectivity index is 1.99. The van der Waals surface area contributed by atoms with Gasteiger partial charge in [0.15, 0.2) is 5.11 Å². The van der Waals surface area contributed by atoms with Crippen LogP contribution in [0.25, 0.3) is 6.08 Å². The molecule has 1 fully saturated rings. The van der Waals surface area contributed by atoms with E-state index in [1.54, 1.807) is 6.07 Å². The molecule has 1 heterocycles. The smallest absolute Gasteiger partial charge is 0.270 e. The second-order valence-electron chi connectivity index (χ2n) is 6.23. The normalized spacial score (nSPS) is 16.4. The van der Waals surface area contributed by atoms with Crippen LogP contribution in [0.15, 0.2) is 54.1 Å². The minimum atomic E-state index is -0.656. The summed E-state index contributed by atoms with van der Waals surface area (Å²) in [6.07, 6.45) is 1.48. The molecule has 26 heavy (non-hydrogen) atoms. The van der Waals surface area contributed by atoms with Crippen molar-refractivity contribution in [2.45, 2.75) is 19.8 Å². The maximum Gasteiger partial charge on any atom is 0.270 e. The number of carbonyl (C=O) groups excluding carboxylic acids is 2. The highest BCUT2D eigenvalue weighted by molar-refractivity contribution is 7.80. The van der Waals surface area contributed by atoms with Crippen molar-refractivity contribution in [3.05, 3.63) is 71.0 Å². The van der Waals surface area contributed by atoms with Gasteiger partial charge in [0.2, 0.25) is 0 Å². The quantitative estimate of drug-likeness (QED) is 0.510. The molecule has 0 atom stereocenters. The Kier molecular flexibility index (Phi) is 4.95. The Labute approximate surface area is 156 Å². The molecule has 2 amide bonds. The first-order valence-electron chi connectivity index (χ1n) is 8.14. The van der Waals surface area contributed by atoms with E-state index in [2.05, 4.69) is 19.2 Å². The molecule has 3 rings (SSSR count). The first kappa shape index (κ1) is 17.9. The molecule has 6 heteroatoms. The maximum atomic E-state index is 14.1. The summed E-state index contributed by atoms with van der Waals surface area (Å²) in [5, 5.41) is 2.31. The van der Waals surface area contributed by atoms with E-state index in [9.17, 15) is 14.0 Å². The summed E-state index contributed by atoms with van der Waals surface area (Å²) in [6.45, 7) is 4.16. The minimum absolute atomic E-state index is 0.00329. The summed E-state index contributed by atoms with van der Waals surface area (Å²) >= 11 is 5.07. The van der Waals surface area contributed by atoms with Crippen LogP contribution in [-0.4, -0.2) is 16.9 Å². The lowest BCUT2D eigenvalue weighted by molar-refractivity contribution is -0.122. The summed E-state index contributed by atoms with van der Waals surface area (Å²) in [7, 11) is 0. The van der Waals surface area contributed by atoms with E-state index in [1.165, 1.54) is 24.3 Å². The van der Waals surface area contributed by atoms with Crippen LogP contribution in [0.3, 0.4) is 0 Å². The van der Waals surface area contributed by atoms with Crippen LogP contribution < -0.4 is 10.2 Å². The highest BCUT2D eigenvalue weighted by Gasteiger charge is 2.35. The average molecular weight is 368 g/mol. The fourth-order valence-electron chi connectivity index (χ4n) is 2.65. The topological polar surface area (TPSA) is 49.4 Å². The zero-order valence-electron chi connectivity index (χ0n) is 14.3. The standard InChI is InChI=1S/C20H17FN2O2S/c1-12(2)14-9-7-13(8-10-14)11-15-18(24)22-20(26)23(19(15)25)17-6-4-3-5-16(17)21/h3-12H,1-2H3,(H,22,24,26)/b15-11+. The number of hydrogen-bond donors (Lipinski definition) is 1. The molecule has 1 saturated heterocycles. The van der Waals surface area contributed by atoms with Gasteiger partial charge < -0.3 is 0 Å². The van der Waals surface area contributed by atoms with Gasteiger partial charge in [-0.1, -0.05) is 50.2 Å². The lowest BCUT2D eigenvalue weighted by Crippen LogP contribution is -2.54. The molecule has 0 unspecified atom stereocenters. The van der Waals surface area contributed by atoms with Crippen molar-refractivity contribution < 1.29 is 14.0 Å². The molecule has 132 valence electrons. The minimum Gasteiger partial charge on any atom is -0.298 e. The van der Waals surface area contributed by atoms with Gasteiger partial charge in [-0.3, -0.25) is 14.9 Å². The van der Waals surface area contributed by atoms with Gasteiger partial charge in [-0.15, -0.1) is 0 Å². The van der Waals surface area contributed by atoms with Crippen LogP contribution in [-0.2, 0) is 9.59 Å². The van der Waals surface area contributed by atoms with Gasteiger partial charge in [-0.2, -0.15) is 0 Å². The molecule has 2 aromatic rings. The van der Waals surface area contributed by atoms with E-state index in [-0.39, 0.29) is 16.4 Å². The number of anilines is 1. The van der Waals surface area contributed by atoms with Gasteiger partial charge in [-0.05, 0) is 47.5 Å². The third kappa shape index (κ3) is 3.41. The predicted molar refractivity (Wildman–Crippen MR) is 103 cm³/mol. The summed E-state index contributed by atoms with van der Waals surface area (Å²) in [4.78, 5) is 26.1. The number of rotatable bonds is 3. The van der Waals surface area contributed by atoms with E-state index in [0.29, 0.717) is 11.5 Å². The second-order valence-corrected chi connectivity index (χ2v) is 6.62. The van der Waals surface area contributed by atoms with E-state index in [0.717, 1.165) is 10.5 Å². The van der Waals surface area contributed by atoms with E-state index >= 15 is 0 Å². The Morgan fingerprint density at radius 2 is 1.73 bits per heavy atom. The molecule has 0 radical (unpaired) electrons. The summed E-state index contributed by atoms with van der Waals surface area (Å²) in [6, 6.07) is 13.3. The summed E-state index contributed by atoms with van der Waals surface area (Å²) in [5.74, 6) is -1.47. The van der Waals surface area contributed by atoms with Crippen molar-refractivity contribution in [3.8, 4) is 0 Å². The van der Waals surface area contributed by atoms with Crippen LogP contribution in [0.5, 0.6) is 0 Å². The second kappa shape index (κ2) is 7.17. The molecular formula is C20H17FN2O2S. The molecular weight excluding hydrogens is 351 g/mol. The van der Waals surface area contributed by atoms with Gasteiger partial charge in [0.25, 0.3) is 11.8 Å². The van der Waals surface area contributed by atoms with Gasteiger partial charge in [0.05, 0.1) is 5.69 Å². The maximum absolute atomic E-state index is 14.1. The number of nitrogens with one attached hydrogen (secondary N) is 1. The Hall–Kier alpha value is -2.86. The molecule has 0 spiro atoms. The number of amides is 2. The molecule has 0 aliphatic carbocycles. The van der Waals surface area contributed by atoms with Crippen LogP contribution >= 0.6 is 12.2 Å². The molecule has 0 bridgehead atoms. The van der Waals surface area contributed by atoms with Crippen molar-refractivity contribution in [2.75, 3.05) is 4.90 Å². The number of benzene rings is 2. The fraction of sp³-hybridized carbons (Fsp3) is 0.150. The van der Waals surface area contributed by atoms with Crippen molar-refractivity contribution >= 4 is 40.9 Å². The molecule has 1 aliphatic heterocycles. The van der Waals surface area contributed by atoms with Crippen LogP contribution in [0, 0.1) is 5.82 Å². The largest absolute Gasteiger partial charge is 0.298 e. The van der Waals surface area contributed by atoms with Gasteiger partial charge in [-0.25, -0.2) is 9.29 Å². The number of nitrogens with zero attached hydrogens (tertiary/aromatic N) is 1. The predicted octanol–water partition coefficient (Wildman–Crippen LogP) is 3.78. The summed E-state index contributed by atoms with van der Waals surface area (Å²) in [5.41, 5.74) is 1.76. The molecule has 1 N–H and O–H groups in total. The Bertz CT molecular complexity index is 920. The number of halogens is 1. The number of thiocarbonyl (C=S) groups is 1. The van der Waals surface area contributed by atoms with Gasteiger partial charge >= 0.3 is 0 Å². The number of hydrogen-bond acceptors (Lipinski definition) is 3. The highest BCUT2D eigenvalue weighted by atomic mass is 32.1. The lowest BCUT2D eigenvalue weighted by atomic mass is 10.0. The first-order chi connectivity index (χ1) is 12.4. The fourth-order valence-corrected chi connectivity index (χ4v) is 2.93. The molecule has 1 aliphatic rings. The van der Waals surface area contributed by atoms with Crippen molar-refractivity contribution in [3.63, 3.8) is 0 Å². The third-order valence-corrected chi connectivity index (χ3v) is 4.39. The van der Waals surface area contributed by atoms with Crippen LogP contribution in [0.1, 0.15) is 30.9 Å². The van der Waals surface area contributed by atoms with Crippen molar-refractivity contribution in [2.24, 2.45) is 0 Å². The highest BCUT2D eigenvalue weighted by Crippen LogP contribution is 2.25. The molecule has 4 nitrogen and oxygen atoms in total. The van der Waals surface area contributed by atoms with Gasteiger partial charge in [0.1, 0.15) is 11.4 Å². The van der Waals surface area contributed by atoms with Crippen molar-refractivity contribution in [1.82, 2.24) is 5.32 Å². The molecule has 0 aromatic heterocycles.